The van der Waals surface area contributed by atoms with E-state index in [1.54, 1.807) is 48.1 Å². The van der Waals surface area contributed by atoms with Crippen LogP contribution in [0.15, 0.2) is 66.0 Å². The third-order valence-electron chi connectivity index (χ3n) is 5.53. The van der Waals surface area contributed by atoms with Gasteiger partial charge in [0.15, 0.2) is 0 Å². The lowest BCUT2D eigenvalue weighted by Crippen LogP contribution is -2.45. The topological polar surface area (TPSA) is 98.6 Å². The van der Waals surface area contributed by atoms with Crippen molar-refractivity contribution in [2.24, 2.45) is 0 Å². The number of aromatic nitrogens is 3. The fourth-order valence-corrected chi connectivity index (χ4v) is 4.48. The molecule has 0 saturated carbocycles. The van der Waals surface area contributed by atoms with Gasteiger partial charge in [-0.25, -0.2) is 4.68 Å². The average Bonchev–Trinajstić information content (AvgIpc) is 3.54. The Morgan fingerprint density at radius 3 is 2.60 bits per heavy atom. The maximum atomic E-state index is 13.8. The lowest BCUT2D eigenvalue weighted by molar-refractivity contribution is -0.142. The zero-order valence-electron chi connectivity index (χ0n) is 19.6. The van der Waals surface area contributed by atoms with Crippen molar-refractivity contribution in [3.05, 3.63) is 76.5 Å². The van der Waals surface area contributed by atoms with Crippen molar-refractivity contribution >= 4 is 34.2 Å². The number of nitrogens with zero attached hydrogens (tertiary/aromatic N) is 4. The third kappa shape index (κ3) is 5.84. The molecule has 2 heterocycles. The molecule has 4 aromatic rings. The van der Waals surface area contributed by atoms with Crippen molar-refractivity contribution in [1.82, 2.24) is 25.2 Å². The molecule has 0 saturated heterocycles. The minimum atomic E-state index is -0.859. The van der Waals surface area contributed by atoms with E-state index in [9.17, 15) is 9.59 Å². The van der Waals surface area contributed by atoms with E-state index in [-0.39, 0.29) is 24.9 Å². The smallest absolute Gasteiger partial charge is 0.247 e. The van der Waals surface area contributed by atoms with Crippen molar-refractivity contribution in [2.45, 2.75) is 19.1 Å². The molecule has 0 aliphatic carbocycles. The molecule has 0 radical (unpaired) electrons. The molecule has 2 amide bonds. The number of hydrogen-bond acceptors (Lipinski definition) is 7. The summed E-state index contributed by atoms with van der Waals surface area (Å²) in [5, 5.41) is 13.2. The Labute approximate surface area is 207 Å². The van der Waals surface area contributed by atoms with Crippen LogP contribution in [0.5, 0.6) is 5.75 Å². The molecule has 35 heavy (non-hydrogen) atoms. The van der Waals surface area contributed by atoms with Crippen molar-refractivity contribution in [2.75, 3.05) is 27.4 Å². The number of para-hydroxylation sites is 1. The summed E-state index contributed by atoms with van der Waals surface area (Å²) in [7, 11) is 3.15. The summed E-state index contributed by atoms with van der Waals surface area (Å²) in [6.07, 6.45) is 0. The van der Waals surface area contributed by atoms with Crippen molar-refractivity contribution < 1.29 is 19.1 Å². The molecule has 1 N–H and O–H groups in total. The summed E-state index contributed by atoms with van der Waals surface area (Å²) >= 11 is 1.53. The van der Waals surface area contributed by atoms with E-state index < -0.39 is 6.04 Å². The summed E-state index contributed by atoms with van der Waals surface area (Å²) < 4.78 is 11.9. The monoisotopic (exact) mass is 493 g/mol. The summed E-state index contributed by atoms with van der Waals surface area (Å²) in [5.41, 5.74) is 2.13. The standard InChI is InChI=1S/C25H27N5O4S/c1-33-14-13-26-25(32)24(18-9-11-19(34-2)12-10-18)29(16-20-6-5-15-35-20)23(31)17-30-22-8-4-3-7-21(22)27-28-30/h3-12,15,24H,13-14,16-17H2,1-2H3,(H,26,32)/t24-/m0/s1. The molecule has 2 aromatic carbocycles. The van der Waals surface area contributed by atoms with Crippen LogP contribution in [0.25, 0.3) is 11.0 Å². The molecule has 2 aromatic heterocycles. The Balaban J connectivity index is 1.69. The Morgan fingerprint density at radius 1 is 1.09 bits per heavy atom. The molecule has 182 valence electrons. The summed E-state index contributed by atoms with van der Waals surface area (Å²) in [6, 6.07) is 17.6. The zero-order valence-corrected chi connectivity index (χ0v) is 20.4. The first-order valence-corrected chi connectivity index (χ1v) is 12.0. The van der Waals surface area contributed by atoms with Crippen LogP contribution in [-0.4, -0.2) is 59.1 Å². The second-order valence-corrected chi connectivity index (χ2v) is 8.83. The van der Waals surface area contributed by atoms with Gasteiger partial charge in [0.1, 0.15) is 23.9 Å². The predicted molar refractivity (Wildman–Crippen MR) is 133 cm³/mol. The van der Waals surface area contributed by atoms with Gasteiger partial charge in [-0.15, -0.1) is 16.4 Å². The molecule has 0 spiro atoms. The van der Waals surface area contributed by atoms with Crippen molar-refractivity contribution in [1.29, 1.82) is 0 Å². The van der Waals surface area contributed by atoms with Crippen LogP contribution in [0.2, 0.25) is 0 Å². The summed E-state index contributed by atoms with van der Waals surface area (Å²) in [6.45, 7) is 0.920. The summed E-state index contributed by atoms with van der Waals surface area (Å²) in [5.74, 6) is 0.120. The molecule has 0 fully saturated rings. The number of nitrogens with one attached hydrogen (secondary N) is 1. The molecule has 4 rings (SSSR count). The van der Waals surface area contributed by atoms with Gasteiger partial charge in [-0.2, -0.15) is 0 Å². The van der Waals surface area contributed by atoms with Crippen LogP contribution < -0.4 is 10.1 Å². The normalized spacial score (nSPS) is 11.8. The SMILES string of the molecule is COCCNC(=O)[C@H](c1ccc(OC)cc1)N(Cc1cccs1)C(=O)Cn1nnc2ccccc21. The Morgan fingerprint density at radius 2 is 1.89 bits per heavy atom. The van der Waals surface area contributed by atoms with E-state index >= 15 is 0 Å². The first-order valence-electron chi connectivity index (χ1n) is 11.1. The second-order valence-electron chi connectivity index (χ2n) is 7.80. The van der Waals surface area contributed by atoms with Gasteiger partial charge in [0.25, 0.3) is 0 Å². The summed E-state index contributed by atoms with van der Waals surface area (Å²) in [4.78, 5) is 29.8. The fourth-order valence-electron chi connectivity index (χ4n) is 3.78. The van der Waals surface area contributed by atoms with Gasteiger partial charge in [-0.1, -0.05) is 35.5 Å². The van der Waals surface area contributed by atoms with E-state index in [4.69, 9.17) is 9.47 Å². The van der Waals surface area contributed by atoms with E-state index in [0.717, 1.165) is 10.4 Å². The van der Waals surface area contributed by atoms with Gasteiger partial charge < -0.3 is 19.7 Å². The number of amides is 2. The maximum Gasteiger partial charge on any atom is 0.247 e. The highest BCUT2D eigenvalue weighted by Crippen LogP contribution is 2.27. The van der Waals surface area contributed by atoms with Gasteiger partial charge >= 0.3 is 0 Å². The van der Waals surface area contributed by atoms with Crippen LogP contribution in [0.4, 0.5) is 0 Å². The molecule has 1 atom stereocenters. The predicted octanol–water partition coefficient (Wildman–Crippen LogP) is 3.03. The zero-order chi connectivity index (χ0) is 24.6. The van der Waals surface area contributed by atoms with Crippen LogP contribution in [-0.2, 0) is 27.4 Å². The molecular formula is C25H27N5O4S. The molecule has 0 aliphatic heterocycles. The largest absolute Gasteiger partial charge is 0.497 e. The lowest BCUT2D eigenvalue weighted by Gasteiger charge is -2.31. The molecule has 0 aliphatic rings. The Bertz CT molecular complexity index is 1260. The van der Waals surface area contributed by atoms with Crippen LogP contribution in [0, 0.1) is 0 Å². The Kier molecular flexibility index (Phi) is 8.07. The first kappa shape index (κ1) is 24.4. The van der Waals surface area contributed by atoms with E-state index in [1.165, 1.54) is 11.3 Å². The molecule has 10 heteroatoms. The van der Waals surface area contributed by atoms with Crippen LogP contribution >= 0.6 is 11.3 Å². The number of fused-ring (bicyclic) bond motifs is 1. The minimum absolute atomic E-state index is 0.0517. The highest BCUT2D eigenvalue weighted by molar-refractivity contribution is 7.09. The molecule has 9 nitrogen and oxygen atoms in total. The fraction of sp³-hybridized carbons (Fsp3) is 0.280. The Hall–Kier alpha value is -3.76. The number of carbonyl (C=O) groups is 2. The number of benzene rings is 2. The number of carbonyl (C=O) groups excluding carboxylic acids is 2. The molecule has 0 unspecified atom stereocenters. The van der Waals surface area contributed by atoms with Gasteiger partial charge in [0.05, 0.1) is 25.8 Å². The van der Waals surface area contributed by atoms with Crippen LogP contribution in [0.3, 0.4) is 0 Å². The van der Waals surface area contributed by atoms with Crippen LogP contribution in [0.1, 0.15) is 16.5 Å². The van der Waals surface area contributed by atoms with Crippen molar-refractivity contribution in [3.63, 3.8) is 0 Å². The van der Waals surface area contributed by atoms with E-state index in [1.807, 2.05) is 41.8 Å². The maximum absolute atomic E-state index is 13.8. The number of hydrogen-bond donors (Lipinski definition) is 1. The number of thiophene rings is 1. The molecule has 0 bridgehead atoms. The number of methoxy groups -OCH3 is 2. The second kappa shape index (κ2) is 11.6. The lowest BCUT2D eigenvalue weighted by atomic mass is 10.0. The average molecular weight is 494 g/mol. The highest BCUT2D eigenvalue weighted by atomic mass is 32.1. The van der Waals surface area contributed by atoms with Gasteiger partial charge in [0, 0.05) is 18.5 Å². The van der Waals surface area contributed by atoms with Gasteiger partial charge in [-0.3, -0.25) is 9.59 Å². The van der Waals surface area contributed by atoms with Gasteiger partial charge in [-0.05, 0) is 41.3 Å². The first-order chi connectivity index (χ1) is 17.1. The van der Waals surface area contributed by atoms with Crippen molar-refractivity contribution in [3.8, 4) is 5.75 Å². The van der Waals surface area contributed by atoms with E-state index in [2.05, 4.69) is 15.6 Å². The molecular weight excluding hydrogens is 466 g/mol. The number of rotatable bonds is 11. The quantitative estimate of drug-likeness (QED) is 0.323. The van der Waals surface area contributed by atoms with E-state index in [0.29, 0.717) is 30.0 Å². The van der Waals surface area contributed by atoms with Gasteiger partial charge in [0.2, 0.25) is 11.8 Å². The highest BCUT2D eigenvalue weighted by Gasteiger charge is 2.32. The minimum Gasteiger partial charge on any atom is -0.497 e. The third-order valence-corrected chi connectivity index (χ3v) is 6.39. The number of ether oxygens (including phenoxy) is 2.